The SMILES string of the molecule is Cc1ccc(C(=O)COC(=O)c2ccc3c(c2)-c2ccccc2C3=O)cc1C. The number of aryl methyl sites for hydroxylation is 2. The highest BCUT2D eigenvalue weighted by atomic mass is 16.5. The first-order valence-electron chi connectivity index (χ1n) is 9.01. The minimum absolute atomic E-state index is 0.0459. The van der Waals surface area contributed by atoms with Gasteiger partial charge in [-0.1, -0.05) is 36.4 Å². The van der Waals surface area contributed by atoms with Crippen molar-refractivity contribution in [2.24, 2.45) is 0 Å². The highest BCUT2D eigenvalue weighted by Gasteiger charge is 2.27. The van der Waals surface area contributed by atoms with Gasteiger partial charge in [0, 0.05) is 16.7 Å². The van der Waals surface area contributed by atoms with Crippen molar-refractivity contribution in [3.63, 3.8) is 0 Å². The van der Waals surface area contributed by atoms with Crippen LogP contribution in [0.3, 0.4) is 0 Å². The molecule has 0 amide bonds. The maximum absolute atomic E-state index is 12.4. The van der Waals surface area contributed by atoms with E-state index >= 15 is 0 Å². The van der Waals surface area contributed by atoms with Crippen molar-refractivity contribution >= 4 is 17.5 Å². The van der Waals surface area contributed by atoms with Crippen LogP contribution in [0.2, 0.25) is 0 Å². The van der Waals surface area contributed by atoms with E-state index in [1.165, 1.54) is 0 Å². The predicted octanol–water partition coefficient (Wildman–Crippen LogP) is 4.55. The summed E-state index contributed by atoms with van der Waals surface area (Å²) in [7, 11) is 0. The maximum atomic E-state index is 12.4. The lowest BCUT2D eigenvalue weighted by Crippen LogP contribution is -2.14. The van der Waals surface area contributed by atoms with Crippen molar-refractivity contribution in [3.05, 3.63) is 94.0 Å². The Morgan fingerprint density at radius 2 is 1.43 bits per heavy atom. The Bertz CT molecular complexity index is 1140. The average Bonchev–Trinajstić information content (AvgIpc) is 3.00. The van der Waals surface area contributed by atoms with Crippen LogP contribution in [-0.2, 0) is 4.74 Å². The van der Waals surface area contributed by atoms with Crippen LogP contribution in [0.15, 0.2) is 60.7 Å². The molecule has 0 bridgehead atoms. The Morgan fingerprint density at radius 1 is 0.750 bits per heavy atom. The molecule has 0 spiro atoms. The van der Waals surface area contributed by atoms with Gasteiger partial charge in [0.1, 0.15) is 0 Å². The second-order valence-electron chi connectivity index (χ2n) is 6.93. The molecule has 4 nitrogen and oxygen atoms in total. The maximum Gasteiger partial charge on any atom is 0.338 e. The van der Waals surface area contributed by atoms with Gasteiger partial charge in [-0.25, -0.2) is 4.79 Å². The molecule has 3 aromatic carbocycles. The topological polar surface area (TPSA) is 60.4 Å². The van der Waals surface area contributed by atoms with E-state index in [1.807, 2.05) is 38.1 Å². The molecule has 1 aliphatic carbocycles. The number of carbonyl (C=O) groups is 3. The number of hydrogen-bond donors (Lipinski definition) is 0. The van der Waals surface area contributed by atoms with Gasteiger partial charge in [-0.3, -0.25) is 9.59 Å². The first kappa shape index (κ1) is 17.9. The van der Waals surface area contributed by atoms with Gasteiger partial charge in [-0.2, -0.15) is 0 Å². The molecule has 0 saturated heterocycles. The van der Waals surface area contributed by atoms with Crippen molar-refractivity contribution in [2.75, 3.05) is 6.61 Å². The van der Waals surface area contributed by atoms with Crippen molar-refractivity contribution in [3.8, 4) is 11.1 Å². The third-order valence-electron chi connectivity index (χ3n) is 5.12. The summed E-state index contributed by atoms with van der Waals surface area (Å²) in [6, 6.07) is 17.6. The molecule has 0 heterocycles. The molecule has 0 radical (unpaired) electrons. The Morgan fingerprint density at radius 3 is 2.18 bits per heavy atom. The van der Waals surface area contributed by atoms with E-state index in [0.29, 0.717) is 22.3 Å². The molecular weight excluding hydrogens is 352 g/mol. The molecule has 0 unspecified atom stereocenters. The zero-order valence-corrected chi connectivity index (χ0v) is 15.6. The van der Waals surface area contributed by atoms with Crippen molar-refractivity contribution in [2.45, 2.75) is 13.8 Å². The molecule has 0 N–H and O–H groups in total. The smallest absolute Gasteiger partial charge is 0.338 e. The third-order valence-corrected chi connectivity index (χ3v) is 5.12. The Labute approximate surface area is 162 Å². The largest absolute Gasteiger partial charge is 0.454 e. The zero-order valence-electron chi connectivity index (χ0n) is 15.6. The number of fused-ring (bicyclic) bond motifs is 3. The van der Waals surface area contributed by atoms with E-state index in [-0.39, 0.29) is 18.2 Å². The van der Waals surface area contributed by atoms with E-state index in [4.69, 9.17) is 4.74 Å². The van der Waals surface area contributed by atoms with Gasteiger partial charge in [0.25, 0.3) is 0 Å². The van der Waals surface area contributed by atoms with Crippen LogP contribution in [-0.4, -0.2) is 24.1 Å². The van der Waals surface area contributed by atoms with E-state index in [9.17, 15) is 14.4 Å². The summed E-state index contributed by atoms with van der Waals surface area (Å²) >= 11 is 0. The predicted molar refractivity (Wildman–Crippen MR) is 106 cm³/mol. The number of hydrogen-bond acceptors (Lipinski definition) is 4. The summed E-state index contributed by atoms with van der Waals surface area (Å²) < 4.78 is 5.22. The quantitative estimate of drug-likeness (QED) is 0.390. The number of esters is 1. The van der Waals surface area contributed by atoms with Gasteiger partial charge in [0.2, 0.25) is 0 Å². The van der Waals surface area contributed by atoms with Crippen LogP contribution in [0.1, 0.15) is 47.8 Å². The van der Waals surface area contributed by atoms with Crippen molar-refractivity contribution in [1.82, 2.24) is 0 Å². The van der Waals surface area contributed by atoms with Crippen LogP contribution < -0.4 is 0 Å². The van der Waals surface area contributed by atoms with E-state index < -0.39 is 5.97 Å². The summed E-state index contributed by atoms with van der Waals surface area (Å²) in [5.41, 5.74) is 5.68. The summed E-state index contributed by atoms with van der Waals surface area (Å²) in [6.07, 6.45) is 0. The molecule has 0 fully saturated rings. The molecule has 138 valence electrons. The third kappa shape index (κ3) is 3.03. The zero-order chi connectivity index (χ0) is 19.8. The molecule has 0 atom stereocenters. The molecule has 4 rings (SSSR count). The summed E-state index contributed by atoms with van der Waals surface area (Å²) in [5, 5.41) is 0. The molecule has 28 heavy (non-hydrogen) atoms. The minimum Gasteiger partial charge on any atom is -0.454 e. The highest BCUT2D eigenvalue weighted by Crippen LogP contribution is 2.36. The molecule has 0 aromatic heterocycles. The van der Waals surface area contributed by atoms with Crippen molar-refractivity contribution in [1.29, 1.82) is 0 Å². The molecule has 4 heteroatoms. The van der Waals surface area contributed by atoms with E-state index in [1.54, 1.807) is 36.4 Å². The van der Waals surface area contributed by atoms with Gasteiger partial charge < -0.3 is 4.74 Å². The average molecular weight is 370 g/mol. The number of carbonyl (C=O) groups excluding carboxylic acids is 3. The fraction of sp³-hybridized carbons (Fsp3) is 0.125. The number of benzene rings is 3. The van der Waals surface area contributed by atoms with E-state index in [0.717, 1.165) is 22.3 Å². The normalized spacial score (nSPS) is 11.7. The lowest BCUT2D eigenvalue weighted by atomic mass is 10.0. The molecule has 0 saturated carbocycles. The van der Waals surface area contributed by atoms with E-state index in [2.05, 4.69) is 0 Å². The van der Waals surface area contributed by atoms with Crippen LogP contribution in [0.25, 0.3) is 11.1 Å². The van der Waals surface area contributed by atoms with Crippen LogP contribution in [0, 0.1) is 13.8 Å². The Balaban J connectivity index is 1.52. The second-order valence-corrected chi connectivity index (χ2v) is 6.93. The summed E-state index contributed by atoms with van der Waals surface area (Å²) in [5.74, 6) is -0.884. The lowest BCUT2D eigenvalue weighted by Gasteiger charge is -2.07. The van der Waals surface area contributed by atoms with Gasteiger partial charge in [-0.05, 0) is 60.4 Å². The monoisotopic (exact) mass is 370 g/mol. The van der Waals surface area contributed by atoms with Gasteiger partial charge in [0.15, 0.2) is 18.2 Å². The standard InChI is InChI=1S/C24H18O4/c1-14-7-8-16(11-15(14)2)22(25)13-28-24(27)17-9-10-20-21(12-17)18-5-3-4-6-19(18)23(20)26/h3-12H,13H2,1-2H3. The van der Waals surface area contributed by atoms with Crippen LogP contribution in [0.5, 0.6) is 0 Å². The molecule has 3 aromatic rings. The number of rotatable bonds is 4. The van der Waals surface area contributed by atoms with Crippen LogP contribution >= 0.6 is 0 Å². The lowest BCUT2D eigenvalue weighted by molar-refractivity contribution is 0.0474. The minimum atomic E-state index is -0.586. The number of Topliss-reactive ketones (excluding diaryl/α,β-unsaturated/α-hetero) is 1. The Kier molecular flexibility index (Phi) is 4.40. The van der Waals surface area contributed by atoms with Gasteiger partial charge in [0.05, 0.1) is 5.56 Å². The first-order valence-corrected chi connectivity index (χ1v) is 9.01. The number of ether oxygens (including phenoxy) is 1. The van der Waals surface area contributed by atoms with Gasteiger partial charge >= 0.3 is 5.97 Å². The van der Waals surface area contributed by atoms with Gasteiger partial charge in [-0.15, -0.1) is 0 Å². The Hall–Kier alpha value is -3.53. The summed E-state index contributed by atoms with van der Waals surface area (Å²) in [4.78, 5) is 37.2. The summed E-state index contributed by atoms with van der Waals surface area (Å²) in [6.45, 7) is 3.58. The highest BCUT2D eigenvalue weighted by molar-refractivity contribution is 6.22. The fourth-order valence-corrected chi connectivity index (χ4v) is 3.37. The second kappa shape index (κ2) is 6.89. The number of ketones is 2. The molecule has 1 aliphatic rings. The molecular formula is C24H18O4. The van der Waals surface area contributed by atoms with Crippen LogP contribution in [0.4, 0.5) is 0 Å². The fourth-order valence-electron chi connectivity index (χ4n) is 3.37. The molecule has 0 aliphatic heterocycles. The van der Waals surface area contributed by atoms with Crippen molar-refractivity contribution < 1.29 is 19.1 Å². The first-order chi connectivity index (χ1) is 13.5.